The number of nitrogens with one attached hydrogen (secondary N) is 1. The zero-order valence-corrected chi connectivity index (χ0v) is 13.8. The van der Waals surface area contributed by atoms with Crippen LogP contribution in [0, 0.1) is 0 Å². The van der Waals surface area contributed by atoms with Crippen LogP contribution < -0.4 is 5.32 Å². The molecule has 0 heterocycles. The number of amides is 1. The van der Waals surface area contributed by atoms with Crippen molar-refractivity contribution < 1.29 is 34.3 Å². The number of hydrogen-bond donors (Lipinski definition) is 1. The first-order valence-corrected chi connectivity index (χ1v) is 6.09. The smallest absolute Gasteiger partial charge is 0.224 e. The maximum Gasteiger partial charge on any atom is 0.224 e. The first-order chi connectivity index (χ1) is 7.63. The Hall–Kier alpha value is -0.672. The first kappa shape index (κ1) is 18.7. The minimum absolute atomic E-state index is 0. The fourth-order valence-corrected chi connectivity index (χ4v) is 1.47. The Morgan fingerprint density at radius 3 is 2.35 bits per heavy atom. The van der Waals surface area contributed by atoms with Crippen LogP contribution in [0.4, 0.5) is 0 Å². The molecule has 0 atom stereocenters. The summed E-state index contributed by atoms with van der Waals surface area (Å²) < 4.78 is 21.2. The van der Waals surface area contributed by atoms with Crippen LogP contribution in [0.5, 0.6) is 0 Å². The number of hydrogen-bond acceptors (Lipinski definition) is 4. The maximum atomic E-state index is 11.0. The SMILES string of the molecule is CC.CNC(=O)Cc1cccc([S-](=O)=O)c1.[W]. The van der Waals surface area contributed by atoms with Gasteiger partial charge in [-0.3, -0.25) is 4.79 Å². The molecule has 17 heavy (non-hydrogen) atoms. The summed E-state index contributed by atoms with van der Waals surface area (Å²) in [5.41, 5.74) is 0.686. The number of carbonyl (C=O) groups is 1. The van der Waals surface area contributed by atoms with E-state index in [0.717, 1.165) is 0 Å². The molecule has 0 spiro atoms. The van der Waals surface area contributed by atoms with Crippen LogP contribution in [-0.2, 0) is 51.4 Å². The van der Waals surface area contributed by atoms with E-state index in [0.29, 0.717) is 5.56 Å². The molecule has 0 aliphatic carbocycles. The van der Waals surface area contributed by atoms with E-state index >= 15 is 0 Å². The molecule has 1 rings (SSSR count). The van der Waals surface area contributed by atoms with Crippen molar-refractivity contribution in [2.45, 2.75) is 25.2 Å². The van der Waals surface area contributed by atoms with Crippen molar-refractivity contribution in [2.24, 2.45) is 0 Å². The molecule has 1 aromatic rings. The second-order valence-electron chi connectivity index (χ2n) is 2.73. The van der Waals surface area contributed by atoms with Gasteiger partial charge in [-0.15, -0.1) is 0 Å². The van der Waals surface area contributed by atoms with Crippen LogP contribution in [0.1, 0.15) is 19.4 Å². The van der Waals surface area contributed by atoms with Gasteiger partial charge in [0.05, 0.1) is 6.42 Å². The van der Waals surface area contributed by atoms with E-state index in [-0.39, 0.29) is 38.3 Å². The third kappa shape index (κ3) is 7.29. The van der Waals surface area contributed by atoms with Gasteiger partial charge in [-0.05, 0) is 16.3 Å². The summed E-state index contributed by atoms with van der Waals surface area (Å²) in [7, 11) is -0.698. The van der Waals surface area contributed by atoms with Crippen molar-refractivity contribution >= 4 is 16.6 Å². The quantitative estimate of drug-likeness (QED) is 0.749. The summed E-state index contributed by atoms with van der Waals surface area (Å²) in [6, 6.07) is 6.30. The number of rotatable bonds is 3. The Kier molecular flexibility index (Phi) is 11.5. The molecule has 1 N–H and O–H groups in total. The molecule has 0 bridgehead atoms. The molecule has 6 heteroatoms. The normalized spacial score (nSPS) is 8.71. The van der Waals surface area contributed by atoms with Crippen molar-refractivity contribution in [3.8, 4) is 0 Å². The summed E-state index contributed by atoms with van der Waals surface area (Å²) in [6.45, 7) is 4.00. The average molecular weight is 426 g/mol. The van der Waals surface area contributed by atoms with Gasteiger partial charge in [0.2, 0.25) is 5.91 Å². The van der Waals surface area contributed by atoms with Gasteiger partial charge in [-0.25, -0.2) is 0 Å². The molecular formula is C11H16NO3SW-. The summed E-state index contributed by atoms with van der Waals surface area (Å²) in [5.74, 6) is -0.140. The van der Waals surface area contributed by atoms with Crippen LogP contribution >= 0.6 is 0 Å². The Morgan fingerprint density at radius 1 is 1.29 bits per heavy atom. The van der Waals surface area contributed by atoms with Gasteiger partial charge in [0.15, 0.2) is 0 Å². The van der Waals surface area contributed by atoms with Crippen LogP contribution in [0.3, 0.4) is 0 Å². The van der Waals surface area contributed by atoms with Gasteiger partial charge in [0.25, 0.3) is 0 Å². The van der Waals surface area contributed by atoms with Crippen molar-refractivity contribution in [3.63, 3.8) is 0 Å². The second kappa shape index (κ2) is 10.5. The van der Waals surface area contributed by atoms with Crippen molar-refractivity contribution in [2.75, 3.05) is 7.05 Å². The van der Waals surface area contributed by atoms with E-state index in [1.807, 2.05) is 13.8 Å². The second-order valence-corrected chi connectivity index (χ2v) is 3.67. The molecule has 1 aromatic carbocycles. The van der Waals surface area contributed by atoms with Crippen LogP contribution in [0.25, 0.3) is 0 Å². The molecule has 0 fully saturated rings. The van der Waals surface area contributed by atoms with Gasteiger partial charge in [0, 0.05) is 28.1 Å². The van der Waals surface area contributed by atoms with Crippen molar-refractivity contribution in [1.29, 1.82) is 0 Å². The third-order valence-electron chi connectivity index (χ3n) is 1.73. The molecule has 0 aliphatic rings. The fourth-order valence-electron chi connectivity index (χ4n) is 1.03. The molecule has 0 saturated heterocycles. The summed E-state index contributed by atoms with van der Waals surface area (Å²) in [4.78, 5) is 11.2. The molecule has 0 aromatic heterocycles. The topological polar surface area (TPSA) is 63.2 Å². The number of carbonyl (C=O) groups excluding carboxylic acids is 1. The maximum absolute atomic E-state index is 11.0. The predicted molar refractivity (Wildman–Crippen MR) is 62.6 cm³/mol. The molecular weight excluding hydrogens is 410 g/mol. The molecule has 96 valence electrons. The van der Waals surface area contributed by atoms with E-state index in [1.165, 1.54) is 19.2 Å². The Morgan fingerprint density at radius 2 is 1.88 bits per heavy atom. The van der Waals surface area contributed by atoms with Crippen LogP contribution in [0.2, 0.25) is 0 Å². The summed E-state index contributed by atoms with van der Waals surface area (Å²) >= 11 is 0. The van der Waals surface area contributed by atoms with E-state index in [4.69, 9.17) is 0 Å². The minimum atomic E-state index is -2.24. The monoisotopic (exact) mass is 426 g/mol. The van der Waals surface area contributed by atoms with Gasteiger partial charge >= 0.3 is 0 Å². The molecule has 0 saturated carbocycles. The zero-order valence-electron chi connectivity index (χ0n) is 10.1. The fraction of sp³-hybridized carbons (Fsp3) is 0.364. The van der Waals surface area contributed by atoms with E-state index in [1.54, 1.807) is 12.1 Å². The van der Waals surface area contributed by atoms with Gasteiger partial charge in [0.1, 0.15) is 0 Å². The molecule has 0 unspecified atom stereocenters. The standard InChI is InChI=1S/C9H10NO3S.C2H6.W/c1-10-9(11)6-7-3-2-4-8(5-7)14(12)13;1-2;/h2-5H,6H2,1H3,(H,10,11);1-2H3;/q-1;;. The molecule has 0 aliphatic heterocycles. The van der Waals surface area contributed by atoms with E-state index in [9.17, 15) is 13.2 Å². The van der Waals surface area contributed by atoms with Gasteiger partial charge in [-0.2, -0.15) is 0 Å². The van der Waals surface area contributed by atoms with Gasteiger partial charge < -0.3 is 13.7 Å². The minimum Gasteiger partial charge on any atom is -0.420 e. The largest absolute Gasteiger partial charge is 0.420 e. The molecule has 1 amide bonds. The summed E-state index contributed by atoms with van der Waals surface area (Å²) in [6.07, 6.45) is 0.196. The predicted octanol–water partition coefficient (Wildman–Crippen LogP) is 1.67. The van der Waals surface area contributed by atoms with Crippen molar-refractivity contribution in [1.82, 2.24) is 5.32 Å². The first-order valence-electron chi connectivity index (χ1n) is 5.02. The van der Waals surface area contributed by atoms with E-state index < -0.39 is 10.7 Å². The van der Waals surface area contributed by atoms with Gasteiger partial charge in [-0.1, -0.05) is 43.0 Å². The molecule has 4 nitrogen and oxygen atoms in total. The zero-order chi connectivity index (χ0) is 12.6. The molecule has 0 radical (unpaired) electrons. The van der Waals surface area contributed by atoms with Crippen LogP contribution in [0.15, 0.2) is 29.2 Å². The van der Waals surface area contributed by atoms with E-state index in [2.05, 4.69) is 5.32 Å². The average Bonchev–Trinajstić information content (AvgIpc) is 2.32. The van der Waals surface area contributed by atoms with Crippen molar-refractivity contribution in [3.05, 3.63) is 29.8 Å². The summed E-state index contributed by atoms with van der Waals surface area (Å²) in [5, 5.41) is 2.47. The Balaban J connectivity index is 0. The van der Waals surface area contributed by atoms with Crippen LogP contribution in [-0.4, -0.2) is 13.0 Å². The third-order valence-corrected chi connectivity index (χ3v) is 2.37. The number of benzene rings is 1. The number of likely N-dealkylation sites (N-methyl/N-ethyl adjacent to an activating group) is 1. The Labute approximate surface area is 118 Å². The Bertz CT molecular complexity index is 411.